The number of likely N-dealkylation sites (tertiary alicyclic amines) is 1. The lowest BCUT2D eigenvalue weighted by Crippen LogP contribution is -2.42. The highest BCUT2D eigenvalue weighted by Gasteiger charge is 2.26. The third-order valence-corrected chi connectivity index (χ3v) is 4.10. The monoisotopic (exact) mass is 279 g/mol. The zero-order chi connectivity index (χ0) is 13.9. The van der Waals surface area contributed by atoms with Crippen molar-refractivity contribution < 1.29 is 9.90 Å². The van der Waals surface area contributed by atoms with E-state index in [0.29, 0.717) is 24.8 Å². The molecule has 2 fully saturated rings. The number of β-amino-alcohol motifs (C(OH)–C–C–N with tert-alkyl or cyclic N) is 1. The van der Waals surface area contributed by atoms with E-state index in [1.54, 1.807) is 11.1 Å². The van der Waals surface area contributed by atoms with Crippen molar-refractivity contribution in [1.82, 2.24) is 25.2 Å². The second kappa shape index (κ2) is 5.88. The van der Waals surface area contributed by atoms with Crippen LogP contribution in [0.15, 0.2) is 6.20 Å². The summed E-state index contributed by atoms with van der Waals surface area (Å²) in [4.78, 5) is 14.0. The molecule has 7 heteroatoms. The molecule has 110 valence electrons. The zero-order valence-electron chi connectivity index (χ0n) is 11.5. The molecule has 2 N–H and O–H groups in total. The number of rotatable bonds is 2. The van der Waals surface area contributed by atoms with Crippen molar-refractivity contribution in [1.29, 1.82) is 0 Å². The molecule has 0 aromatic carbocycles. The molecule has 1 amide bonds. The summed E-state index contributed by atoms with van der Waals surface area (Å²) in [7, 11) is 0. The first-order chi connectivity index (χ1) is 9.74. The van der Waals surface area contributed by atoms with Gasteiger partial charge < -0.3 is 15.3 Å². The van der Waals surface area contributed by atoms with Gasteiger partial charge in [-0.1, -0.05) is 5.21 Å². The van der Waals surface area contributed by atoms with Crippen LogP contribution in [0.5, 0.6) is 0 Å². The molecule has 2 aliphatic rings. The lowest BCUT2D eigenvalue weighted by molar-refractivity contribution is 0.0469. The van der Waals surface area contributed by atoms with Crippen LogP contribution in [0.25, 0.3) is 0 Å². The minimum Gasteiger partial charge on any atom is -0.391 e. The van der Waals surface area contributed by atoms with Crippen LogP contribution in [0.4, 0.5) is 0 Å². The quantitative estimate of drug-likeness (QED) is 0.783. The first-order valence-electron chi connectivity index (χ1n) is 7.34. The summed E-state index contributed by atoms with van der Waals surface area (Å²) in [6.45, 7) is 3.05. The lowest BCUT2D eigenvalue weighted by Gasteiger charge is -2.29. The number of nitrogens with one attached hydrogen (secondary N) is 1. The fourth-order valence-corrected chi connectivity index (χ4v) is 2.93. The van der Waals surface area contributed by atoms with Crippen LogP contribution in [0.2, 0.25) is 0 Å². The zero-order valence-corrected chi connectivity index (χ0v) is 11.5. The summed E-state index contributed by atoms with van der Waals surface area (Å²) in [6.07, 6.45) is 4.98. The smallest absolute Gasteiger partial charge is 0.276 e. The maximum absolute atomic E-state index is 12.3. The SMILES string of the molecule is O=C(c1cn(C2CCNCC2)nn1)N1CCCC(O)C1. The summed E-state index contributed by atoms with van der Waals surface area (Å²) in [6, 6.07) is 0.331. The maximum Gasteiger partial charge on any atom is 0.276 e. The van der Waals surface area contributed by atoms with Crippen LogP contribution in [-0.2, 0) is 0 Å². The van der Waals surface area contributed by atoms with Gasteiger partial charge in [0.25, 0.3) is 5.91 Å². The van der Waals surface area contributed by atoms with E-state index in [1.165, 1.54) is 0 Å². The van der Waals surface area contributed by atoms with Gasteiger partial charge in [-0.05, 0) is 38.8 Å². The third-order valence-electron chi connectivity index (χ3n) is 4.10. The topological polar surface area (TPSA) is 83.3 Å². The molecule has 7 nitrogen and oxygen atoms in total. The predicted molar refractivity (Wildman–Crippen MR) is 72.3 cm³/mol. The number of hydrogen-bond acceptors (Lipinski definition) is 5. The maximum atomic E-state index is 12.3. The van der Waals surface area contributed by atoms with E-state index in [-0.39, 0.29) is 5.91 Å². The molecule has 3 rings (SSSR count). The van der Waals surface area contributed by atoms with Gasteiger partial charge in [0.1, 0.15) is 0 Å². The Labute approximate surface area is 117 Å². The van der Waals surface area contributed by atoms with Gasteiger partial charge in [-0.3, -0.25) is 4.79 Å². The van der Waals surface area contributed by atoms with Crippen molar-refractivity contribution >= 4 is 5.91 Å². The molecule has 0 saturated carbocycles. The van der Waals surface area contributed by atoms with Crippen LogP contribution in [0, 0.1) is 0 Å². The average molecular weight is 279 g/mol. The number of carbonyl (C=O) groups excluding carboxylic acids is 1. The highest BCUT2D eigenvalue weighted by Crippen LogP contribution is 2.18. The molecule has 0 spiro atoms. The van der Waals surface area contributed by atoms with Crippen LogP contribution in [0.3, 0.4) is 0 Å². The number of aliphatic hydroxyl groups is 1. The van der Waals surface area contributed by atoms with Crippen molar-refractivity contribution in [3.05, 3.63) is 11.9 Å². The van der Waals surface area contributed by atoms with Crippen LogP contribution < -0.4 is 5.32 Å². The molecule has 1 aromatic heterocycles. The van der Waals surface area contributed by atoms with Gasteiger partial charge in [0.2, 0.25) is 0 Å². The summed E-state index contributed by atoms with van der Waals surface area (Å²) in [5, 5.41) is 21.1. The van der Waals surface area contributed by atoms with E-state index in [1.807, 2.05) is 4.68 Å². The molecule has 1 unspecified atom stereocenters. The van der Waals surface area contributed by atoms with Gasteiger partial charge in [0.05, 0.1) is 18.3 Å². The standard InChI is InChI=1S/C13H21N5O2/c19-11-2-1-7-17(8-11)13(20)12-9-18(16-15-12)10-3-5-14-6-4-10/h9-11,14,19H,1-8H2. The van der Waals surface area contributed by atoms with Crippen LogP contribution in [-0.4, -0.2) is 63.2 Å². The Morgan fingerprint density at radius 3 is 2.90 bits per heavy atom. The number of aliphatic hydroxyl groups excluding tert-OH is 1. The van der Waals surface area contributed by atoms with Crippen molar-refractivity contribution in [3.8, 4) is 0 Å². The van der Waals surface area contributed by atoms with Crippen LogP contribution >= 0.6 is 0 Å². The minimum atomic E-state index is -0.410. The number of nitrogens with zero attached hydrogens (tertiary/aromatic N) is 4. The third kappa shape index (κ3) is 2.83. The molecule has 2 aliphatic heterocycles. The molecular formula is C13H21N5O2. The van der Waals surface area contributed by atoms with Gasteiger partial charge in [-0.15, -0.1) is 5.10 Å². The lowest BCUT2D eigenvalue weighted by atomic mass is 10.1. The van der Waals surface area contributed by atoms with E-state index in [2.05, 4.69) is 15.6 Å². The van der Waals surface area contributed by atoms with Gasteiger partial charge in [-0.2, -0.15) is 0 Å². The van der Waals surface area contributed by atoms with Gasteiger partial charge in [0, 0.05) is 13.1 Å². The van der Waals surface area contributed by atoms with E-state index in [4.69, 9.17) is 0 Å². The molecule has 3 heterocycles. The second-order valence-corrected chi connectivity index (χ2v) is 5.61. The highest BCUT2D eigenvalue weighted by atomic mass is 16.3. The molecule has 2 saturated heterocycles. The van der Waals surface area contributed by atoms with Gasteiger partial charge in [-0.25, -0.2) is 4.68 Å². The number of hydrogen-bond donors (Lipinski definition) is 2. The van der Waals surface area contributed by atoms with E-state index in [0.717, 1.165) is 38.8 Å². The van der Waals surface area contributed by atoms with Crippen molar-refractivity contribution in [2.24, 2.45) is 0 Å². The number of aromatic nitrogens is 3. The molecule has 0 radical (unpaired) electrons. The Hall–Kier alpha value is -1.47. The van der Waals surface area contributed by atoms with Crippen molar-refractivity contribution in [2.75, 3.05) is 26.2 Å². The van der Waals surface area contributed by atoms with Gasteiger partial charge >= 0.3 is 0 Å². The van der Waals surface area contributed by atoms with Gasteiger partial charge in [0.15, 0.2) is 5.69 Å². The second-order valence-electron chi connectivity index (χ2n) is 5.61. The summed E-state index contributed by atoms with van der Waals surface area (Å²) < 4.78 is 1.81. The van der Waals surface area contributed by atoms with Crippen LogP contribution in [0.1, 0.15) is 42.2 Å². The normalized spacial score (nSPS) is 24.9. The Balaban J connectivity index is 1.67. The first kappa shape index (κ1) is 13.5. The first-order valence-corrected chi connectivity index (χ1v) is 7.34. The predicted octanol–water partition coefficient (Wildman–Crippen LogP) is -0.201. The van der Waals surface area contributed by atoms with Crippen molar-refractivity contribution in [2.45, 2.75) is 37.8 Å². The summed E-state index contributed by atoms with van der Waals surface area (Å²) in [5.74, 6) is -0.121. The largest absolute Gasteiger partial charge is 0.391 e. The average Bonchev–Trinajstić information content (AvgIpc) is 2.97. The Kier molecular flexibility index (Phi) is 3.98. The molecule has 0 aliphatic carbocycles. The molecule has 1 atom stereocenters. The number of piperidine rings is 2. The molecular weight excluding hydrogens is 258 g/mol. The van der Waals surface area contributed by atoms with E-state index in [9.17, 15) is 9.90 Å². The van der Waals surface area contributed by atoms with E-state index < -0.39 is 6.10 Å². The fourth-order valence-electron chi connectivity index (χ4n) is 2.93. The number of amides is 1. The molecule has 0 bridgehead atoms. The Morgan fingerprint density at radius 2 is 2.15 bits per heavy atom. The number of carbonyl (C=O) groups is 1. The molecule has 1 aromatic rings. The Morgan fingerprint density at radius 1 is 1.35 bits per heavy atom. The summed E-state index contributed by atoms with van der Waals surface area (Å²) >= 11 is 0. The summed E-state index contributed by atoms with van der Waals surface area (Å²) in [5.41, 5.74) is 0.387. The highest BCUT2D eigenvalue weighted by molar-refractivity contribution is 5.92. The minimum absolute atomic E-state index is 0.121. The Bertz CT molecular complexity index is 469. The fraction of sp³-hybridized carbons (Fsp3) is 0.769. The molecule has 20 heavy (non-hydrogen) atoms. The van der Waals surface area contributed by atoms with E-state index >= 15 is 0 Å². The van der Waals surface area contributed by atoms with Crippen molar-refractivity contribution in [3.63, 3.8) is 0 Å².